The summed E-state index contributed by atoms with van der Waals surface area (Å²) in [5.41, 5.74) is 4.64. The van der Waals surface area contributed by atoms with Crippen molar-refractivity contribution in [1.29, 1.82) is 0 Å². The van der Waals surface area contributed by atoms with Crippen LogP contribution in [-0.2, 0) is 9.53 Å². The van der Waals surface area contributed by atoms with Crippen LogP contribution in [-0.4, -0.2) is 40.7 Å². The lowest BCUT2D eigenvalue weighted by Crippen LogP contribution is -2.40. The molecule has 1 heterocycles. The van der Waals surface area contributed by atoms with Gasteiger partial charge < -0.3 is 20.5 Å². The number of hydrogen-bond donors (Lipinski definition) is 3. The topological polar surface area (TPSA) is 118 Å². The largest absolute Gasteiger partial charge is 0.480 e. The highest BCUT2D eigenvalue weighted by molar-refractivity contribution is 7.09. The van der Waals surface area contributed by atoms with Gasteiger partial charge in [-0.2, -0.15) is 0 Å². The molecule has 2 aromatic carbocycles. The van der Waals surface area contributed by atoms with Crippen LogP contribution in [0.25, 0.3) is 11.1 Å². The third-order valence-corrected chi connectivity index (χ3v) is 6.84. The highest BCUT2D eigenvalue weighted by atomic mass is 32.1. The molecule has 0 bridgehead atoms. The Labute approximate surface area is 206 Å². The average Bonchev–Trinajstić information content (AvgIpc) is 3.46. The SMILES string of the molecule is C=CCC(NC(=O)c1csc(C(C)NC(=O)OCC2c3ccccc3-c3ccccc32)n1)C(=O)O. The van der Waals surface area contributed by atoms with Crippen LogP contribution in [0.2, 0.25) is 0 Å². The molecule has 1 aliphatic carbocycles. The van der Waals surface area contributed by atoms with Crippen LogP contribution in [0.1, 0.15) is 51.9 Å². The molecule has 1 aliphatic rings. The van der Waals surface area contributed by atoms with Crippen LogP contribution in [0.4, 0.5) is 4.79 Å². The number of hydrogen-bond acceptors (Lipinski definition) is 6. The predicted molar refractivity (Wildman–Crippen MR) is 132 cm³/mol. The van der Waals surface area contributed by atoms with Crippen LogP contribution >= 0.6 is 11.3 Å². The first-order valence-electron chi connectivity index (χ1n) is 11.1. The molecule has 35 heavy (non-hydrogen) atoms. The summed E-state index contributed by atoms with van der Waals surface area (Å²) >= 11 is 1.19. The van der Waals surface area contributed by atoms with Crippen molar-refractivity contribution in [1.82, 2.24) is 15.6 Å². The summed E-state index contributed by atoms with van der Waals surface area (Å²) < 4.78 is 5.56. The molecule has 4 rings (SSSR count). The number of fused-ring (bicyclic) bond motifs is 3. The first-order chi connectivity index (χ1) is 16.9. The zero-order valence-corrected chi connectivity index (χ0v) is 19.9. The summed E-state index contributed by atoms with van der Waals surface area (Å²) in [4.78, 5) is 40.4. The minimum Gasteiger partial charge on any atom is -0.480 e. The highest BCUT2D eigenvalue weighted by Gasteiger charge is 2.29. The average molecular weight is 492 g/mol. The number of carboxylic acid groups (broad SMARTS) is 1. The van der Waals surface area contributed by atoms with E-state index >= 15 is 0 Å². The van der Waals surface area contributed by atoms with Crippen molar-refractivity contribution in [2.45, 2.75) is 31.3 Å². The van der Waals surface area contributed by atoms with Gasteiger partial charge in [-0.15, -0.1) is 17.9 Å². The molecule has 3 N–H and O–H groups in total. The third-order valence-electron chi connectivity index (χ3n) is 5.81. The number of aliphatic carboxylic acids is 1. The molecule has 2 unspecified atom stereocenters. The van der Waals surface area contributed by atoms with Gasteiger partial charge in [0.2, 0.25) is 0 Å². The molecular formula is C26H25N3O5S. The maximum Gasteiger partial charge on any atom is 0.407 e. The van der Waals surface area contributed by atoms with E-state index in [0.29, 0.717) is 5.01 Å². The van der Waals surface area contributed by atoms with Crippen LogP contribution in [0, 0.1) is 0 Å². The number of thiazole rings is 1. The summed E-state index contributed by atoms with van der Waals surface area (Å²) in [7, 11) is 0. The summed E-state index contributed by atoms with van der Waals surface area (Å²) in [6.07, 6.45) is 0.932. The van der Waals surface area contributed by atoms with E-state index in [1.165, 1.54) is 22.8 Å². The quantitative estimate of drug-likeness (QED) is 0.379. The summed E-state index contributed by atoms with van der Waals surface area (Å²) in [5, 5.41) is 16.4. The molecule has 0 spiro atoms. The molecule has 0 aliphatic heterocycles. The van der Waals surface area contributed by atoms with Gasteiger partial charge >= 0.3 is 12.1 Å². The molecule has 2 atom stereocenters. The number of carboxylic acids is 1. The number of carbonyl (C=O) groups is 3. The molecule has 0 saturated carbocycles. The number of nitrogens with one attached hydrogen (secondary N) is 2. The molecule has 1 aromatic heterocycles. The normalized spacial score (nSPS) is 13.7. The molecule has 0 radical (unpaired) electrons. The number of aromatic nitrogens is 1. The Kier molecular flexibility index (Phi) is 7.26. The second-order valence-electron chi connectivity index (χ2n) is 8.15. The van der Waals surface area contributed by atoms with E-state index in [1.54, 1.807) is 6.92 Å². The first kappa shape index (κ1) is 24.2. The number of rotatable bonds is 9. The van der Waals surface area contributed by atoms with Gasteiger partial charge in [0.25, 0.3) is 5.91 Å². The van der Waals surface area contributed by atoms with Crippen LogP contribution in [0.3, 0.4) is 0 Å². The number of alkyl carbamates (subject to hydrolysis) is 1. The fourth-order valence-electron chi connectivity index (χ4n) is 4.09. The number of ether oxygens (including phenoxy) is 1. The Balaban J connectivity index is 1.35. The molecule has 8 nitrogen and oxygen atoms in total. The molecule has 3 aromatic rings. The number of carbonyl (C=O) groups excluding carboxylic acids is 2. The van der Waals surface area contributed by atoms with E-state index in [0.717, 1.165) is 22.3 Å². The predicted octanol–water partition coefficient (Wildman–Crippen LogP) is 4.50. The van der Waals surface area contributed by atoms with Gasteiger partial charge in [-0.25, -0.2) is 14.6 Å². The lowest BCUT2D eigenvalue weighted by Gasteiger charge is -2.16. The smallest absolute Gasteiger partial charge is 0.407 e. The molecule has 2 amide bonds. The molecule has 0 saturated heterocycles. The third kappa shape index (κ3) is 5.25. The van der Waals surface area contributed by atoms with Crippen LogP contribution in [0.15, 0.2) is 66.6 Å². The van der Waals surface area contributed by atoms with Crippen molar-refractivity contribution in [2.75, 3.05) is 6.61 Å². The Hall–Kier alpha value is -3.98. The molecular weight excluding hydrogens is 466 g/mol. The fraction of sp³-hybridized carbons (Fsp3) is 0.231. The van der Waals surface area contributed by atoms with Crippen LogP contribution in [0.5, 0.6) is 0 Å². The number of nitrogens with zero attached hydrogens (tertiary/aromatic N) is 1. The van der Waals surface area contributed by atoms with E-state index in [2.05, 4.69) is 46.5 Å². The van der Waals surface area contributed by atoms with E-state index in [-0.39, 0.29) is 24.6 Å². The molecule has 9 heteroatoms. The molecule has 180 valence electrons. The van der Waals surface area contributed by atoms with Gasteiger partial charge in [0, 0.05) is 11.3 Å². The minimum atomic E-state index is -1.15. The van der Waals surface area contributed by atoms with Gasteiger partial charge in [0.05, 0.1) is 6.04 Å². The van der Waals surface area contributed by atoms with Crippen molar-refractivity contribution in [3.05, 3.63) is 88.4 Å². The Morgan fingerprint density at radius 1 is 1.11 bits per heavy atom. The number of amides is 2. The highest BCUT2D eigenvalue weighted by Crippen LogP contribution is 2.44. The van der Waals surface area contributed by atoms with Crippen molar-refractivity contribution >= 4 is 29.3 Å². The number of benzene rings is 2. The summed E-state index contributed by atoms with van der Waals surface area (Å²) in [6.45, 7) is 5.43. The first-order valence-corrected chi connectivity index (χ1v) is 12.0. The van der Waals surface area contributed by atoms with E-state index < -0.39 is 30.1 Å². The zero-order valence-electron chi connectivity index (χ0n) is 19.1. The Bertz CT molecular complexity index is 1230. The second kappa shape index (κ2) is 10.5. The fourth-order valence-corrected chi connectivity index (χ4v) is 4.90. The summed E-state index contributed by atoms with van der Waals surface area (Å²) in [5.74, 6) is -1.80. The van der Waals surface area contributed by atoms with Crippen molar-refractivity contribution in [3.63, 3.8) is 0 Å². The van der Waals surface area contributed by atoms with Gasteiger partial charge in [-0.05, 0) is 35.6 Å². The lowest BCUT2D eigenvalue weighted by molar-refractivity contribution is -0.139. The van der Waals surface area contributed by atoms with Crippen molar-refractivity contribution in [3.8, 4) is 11.1 Å². The maximum absolute atomic E-state index is 12.5. The van der Waals surface area contributed by atoms with E-state index in [4.69, 9.17) is 4.74 Å². The maximum atomic E-state index is 12.5. The monoisotopic (exact) mass is 491 g/mol. The second-order valence-corrected chi connectivity index (χ2v) is 9.04. The van der Waals surface area contributed by atoms with Gasteiger partial charge in [-0.1, -0.05) is 54.6 Å². The van der Waals surface area contributed by atoms with Gasteiger partial charge in [-0.3, -0.25) is 4.79 Å². The Morgan fingerprint density at radius 2 is 1.74 bits per heavy atom. The van der Waals surface area contributed by atoms with Gasteiger partial charge in [0.15, 0.2) is 0 Å². The van der Waals surface area contributed by atoms with E-state index in [9.17, 15) is 19.5 Å². The molecule has 0 fully saturated rings. The zero-order chi connectivity index (χ0) is 24.9. The van der Waals surface area contributed by atoms with Crippen molar-refractivity contribution < 1.29 is 24.2 Å². The standard InChI is InChI=1S/C26H25N3O5S/c1-3-8-21(25(31)32)28-23(30)22-14-35-24(29-22)15(2)27-26(33)34-13-20-18-11-6-4-9-16(18)17-10-5-7-12-19(17)20/h3-7,9-12,14-15,20-21H,1,8,13H2,2H3,(H,27,33)(H,28,30)(H,31,32). The minimum absolute atomic E-state index is 0.0450. The van der Waals surface area contributed by atoms with E-state index in [1.807, 2.05) is 24.3 Å². The van der Waals surface area contributed by atoms with Crippen molar-refractivity contribution in [2.24, 2.45) is 0 Å². The summed E-state index contributed by atoms with van der Waals surface area (Å²) in [6, 6.07) is 14.6. The van der Waals surface area contributed by atoms with Crippen LogP contribution < -0.4 is 10.6 Å². The van der Waals surface area contributed by atoms with Gasteiger partial charge in [0.1, 0.15) is 23.4 Å². The Morgan fingerprint density at radius 3 is 2.34 bits per heavy atom. The lowest BCUT2D eigenvalue weighted by atomic mass is 9.98.